The van der Waals surface area contributed by atoms with Gasteiger partial charge in [0.1, 0.15) is 17.8 Å². The van der Waals surface area contributed by atoms with E-state index in [0.29, 0.717) is 10.8 Å². The quantitative estimate of drug-likeness (QED) is 0.770. The summed E-state index contributed by atoms with van der Waals surface area (Å²) in [5.41, 5.74) is 0. The Balaban J connectivity index is 1.66. The molecule has 0 spiro atoms. The molecule has 2 atom stereocenters. The molecule has 2 fully saturated rings. The molecule has 8 nitrogen and oxygen atoms in total. The Morgan fingerprint density at radius 3 is 2.67 bits per heavy atom. The van der Waals surface area contributed by atoms with Gasteiger partial charge in [0.25, 0.3) is 0 Å². The molecular formula is C15H16ClN3O5. The van der Waals surface area contributed by atoms with Gasteiger partial charge in [-0.3, -0.25) is 9.59 Å². The van der Waals surface area contributed by atoms with Crippen LogP contribution in [0.15, 0.2) is 24.3 Å². The third-order valence-electron chi connectivity index (χ3n) is 4.04. The number of nitrogens with one attached hydrogen (secondary N) is 1. The number of halogens is 1. The van der Waals surface area contributed by atoms with Gasteiger partial charge in [0.2, 0.25) is 11.8 Å². The number of piperazine rings is 2. The van der Waals surface area contributed by atoms with Crippen LogP contribution in [0, 0.1) is 0 Å². The number of fused-ring (bicyclic) bond motifs is 1. The predicted octanol–water partition coefficient (Wildman–Crippen LogP) is -0.158. The van der Waals surface area contributed by atoms with Crippen LogP contribution in [-0.2, 0) is 9.59 Å². The molecule has 2 aliphatic rings. The molecule has 0 aromatic heterocycles. The van der Waals surface area contributed by atoms with Gasteiger partial charge < -0.3 is 25.0 Å². The Labute approximate surface area is 142 Å². The number of nitrogens with zero attached hydrogens (tertiary/aromatic N) is 2. The van der Waals surface area contributed by atoms with Crippen LogP contribution in [-0.4, -0.2) is 71.1 Å². The third kappa shape index (κ3) is 3.15. The van der Waals surface area contributed by atoms with Crippen molar-refractivity contribution in [2.24, 2.45) is 0 Å². The lowest BCUT2D eigenvalue weighted by atomic mass is 10.0. The summed E-state index contributed by atoms with van der Waals surface area (Å²) in [4.78, 5) is 39.2. The molecule has 9 heteroatoms. The second-order valence-electron chi connectivity index (χ2n) is 5.56. The summed E-state index contributed by atoms with van der Waals surface area (Å²) in [6.45, 7) is 0.0570. The Morgan fingerprint density at radius 2 is 2.00 bits per heavy atom. The fourth-order valence-corrected chi connectivity index (χ4v) is 2.88. The monoisotopic (exact) mass is 353 g/mol. The normalized spacial score (nSPS) is 23.6. The number of hydrogen-bond acceptors (Lipinski definition) is 5. The van der Waals surface area contributed by atoms with Crippen LogP contribution in [0.5, 0.6) is 5.75 Å². The van der Waals surface area contributed by atoms with Crippen molar-refractivity contribution in [2.75, 3.05) is 26.2 Å². The smallest absolute Gasteiger partial charge is 0.410 e. The maximum Gasteiger partial charge on any atom is 0.415 e. The van der Waals surface area contributed by atoms with Crippen molar-refractivity contribution in [3.8, 4) is 5.75 Å². The van der Waals surface area contributed by atoms with E-state index in [0.717, 1.165) is 0 Å². The summed E-state index contributed by atoms with van der Waals surface area (Å²) in [5.74, 6) is -0.387. The highest BCUT2D eigenvalue weighted by Crippen LogP contribution is 2.19. The third-order valence-corrected chi connectivity index (χ3v) is 4.29. The molecule has 3 rings (SSSR count). The average Bonchev–Trinajstić information content (AvgIpc) is 2.59. The minimum absolute atomic E-state index is 0.0438. The van der Waals surface area contributed by atoms with Gasteiger partial charge in [-0.15, -0.1) is 0 Å². The van der Waals surface area contributed by atoms with Crippen LogP contribution in [0.25, 0.3) is 0 Å². The number of rotatable bonds is 2. The molecule has 3 amide bonds. The van der Waals surface area contributed by atoms with Gasteiger partial charge in [0.05, 0.1) is 13.2 Å². The maximum atomic E-state index is 12.2. The van der Waals surface area contributed by atoms with Crippen LogP contribution < -0.4 is 10.1 Å². The molecule has 0 bridgehead atoms. The predicted molar refractivity (Wildman–Crippen MR) is 83.6 cm³/mol. The number of carbonyl (C=O) groups excluding carboxylic acids is 3. The highest BCUT2D eigenvalue weighted by Gasteiger charge is 2.44. The van der Waals surface area contributed by atoms with Crippen molar-refractivity contribution in [1.82, 2.24) is 15.1 Å². The van der Waals surface area contributed by atoms with Gasteiger partial charge in [-0.25, -0.2) is 4.79 Å². The van der Waals surface area contributed by atoms with E-state index in [9.17, 15) is 14.4 Å². The van der Waals surface area contributed by atoms with E-state index in [-0.39, 0.29) is 25.5 Å². The number of ether oxygens (including phenoxy) is 1. The Morgan fingerprint density at radius 1 is 1.29 bits per heavy atom. The zero-order valence-corrected chi connectivity index (χ0v) is 13.4. The van der Waals surface area contributed by atoms with Gasteiger partial charge in [-0.1, -0.05) is 11.6 Å². The highest BCUT2D eigenvalue weighted by molar-refractivity contribution is 6.30. The zero-order chi connectivity index (χ0) is 17.3. The Kier molecular flexibility index (Phi) is 4.59. The number of aliphatic hydroxyl groups excluding tert-OH is 1. The van der Waals surface area contributed by atoms with Gasteiger partial charge in [-0.05, 0) is 24.3 Å². The number of aliphatic hydroxyl groups is 1. The molecule has 0 saturated carbocycles. The van der Waals surface area contributed by atoms with E-state index in [2.05, 4.69) is 5.32 Å². The van der Waals surface area contributed by atoms with Crippen LogP contribution >= 0.6 is 11.6 Å². The Bertz CT molecular complexity index is 666. The minimum Gasteiger partial charge on any atom is -0.410 e. The maximum absolute atomic E-state index is 12.2. The first-order chi connectivity index (χ1) is 11.5. The van der Waals surface area contributed by atoms with Crippen molar-refractivity contribution in [1.29, 1.82) is 0 Å². The molecule has 2 saturated heterocycles. The number of benzene rings is 1. The van der Waals surface area contributed by atoms with E-state index in [1.807, 2.05) is 0 Å². The van der Waals surface area contributed by atoms with Crippen molar-refractivity contribution in [3.63, 3.8) is 0 Å². The summed E-state index contributed by atoms with van der Waals surface area (Å²) in [6.07, 6.45) is -0.596. The fraction of sp³-hybridized carbons (Fsp3) is 0.400. The second-order valence-corrected chi connectivity index (χ2v) is 6.00. The summed E-state index contributed by atoms with van der Waals surface area (Å²) < 4.78 is 5.25. The first kappa shape index (κ1) is 16.5. The number of hydrogen-bond donors (Lipinski definition) is 2. The average molecular weight is 354 g/mol. The molecule has 1 aromatic carbocycles. The lowest BCUT2D eigenvalue weighted by Crippen LogP contribution is -2.70. The molecule has 1 aromatic rings. The zero-order valence-electron chi connectivity index (χ0n) is 12.6. The van der Waals surface area contributed by atoms with E-state index in [4.69, 9.17) is 21.4 Å². The van der Waals surface area contributed by atoms with Gasteiger partial charge in [-0.2, -0.15) is 0 Å². The summed E-state index contributed by atoms with van der Waals surface area (Å²) in [7, 11) is 0. The number of carbonyl (C=O) groups is 3. The van der Waals surface area contributed by atoms with Gasteiger partial charge >= 0.3 is 6.09 Å². The largest absolute Gasteiger partial charge is 0.415 e. The van der Waals surface area contributed by atoms with Crippen molar-refractivity contribution >= 4 is 29.5 Å². The molecule has 24 heavy (non-hydrogen) atoms. The van der Waals surface area contributed by atoms with Crippen molar-refractivity contribution in [3.05, 3.63) is 29.3 Å². The van der Waals surface area contributed by atoms with E-state index in [1.54, 1.807) is 24.3 Å². The van der Waals surface area contributed by atoms with Crippen LogP contribution in [0.1, 0.15) is 0 Å². The molecule has 128 valence electrons. The van der Waals surface area contributed by atoms with Crippen LogP contribution in [0.3, 0.4) is 0 Å². The van der Waals surface area contributed by atoms with E-state index < -0.39 is 30.7 Å². The van der Waals surface area contributed by atoms with Crippen molar-refractivity contribution in [2.45, 2.75) is 12.1 Å². The molecule has 0 unspecified atom stereocenters. The molecule has 0 radical (unpaired) electrons. The molecular weight excluding hydrogens is 338 g/mol. The highest BCUT2D eigenvalue weighted by atomic mass is 35.5. The second kappa shape index (κ2) is 6.66. The number of amides is 3. The van der Waals surface area contributed by atoms with Crippen LogP contribution in [0.4, 0.5) is 4.79 Å². The molecule has 0 aliphatic carbocycles. The summed E-state index contributed by atoms with van der Waals surface area (Å²) in [6, 6.07) is 4.65. The molecule has 2 N–H and O–H groups in total. The topological polar surface area (TPSA) is 99.2 Å². The fourth-order valence-electron chi connectivity index (χ4n) is 2.76. The van der Waals surface area contributed by atoms with E-state index in [1.165, 1.54) is 9.80 Å². The SMILES string of the molecule is O=C1N[C@@H](CO)C(=O)N2CCN(C(=O)Oc3ccc(Cl)cc3)C[C@H]12. The van der Waals surface area contributed by atoms with Gasteiger partial charge in [0, 0.05) is 18.1 Å². The minimum atomic E-state index is -0.915. The lowest BCUT2D eigenvalue weighted by molar-refractivity contribution is -0.153. The Hall–Kier alpha value is -2.32. The first-order valence-corrected chi connectivity index (χ1v) is 7.81. The lowest BCUT2D eigenvalue weighted by Gasteiger charge is -2.44. The van der Waals surface area contributed by atoms with E-state index >= 15 is 0 Å². The summed E-state index contributed by atoms with van der Waals surface area (Å²) >= 11 is 5.78. The molecule has 2 heterocycles. The van der Waals surface area contributed by atoms with Gasteiger partial charge in [0.15, 0.2) is 0 Å². The van der Waals surface area contributed by atoms with Crippen molar-refractivity contribution < 1.29 is 24.2 Å². The molecule has 2 aliphatic heterocycles. The van der Waals surface area contributed by atoms with Crippen LogP contribution in [0.2, 0.25) is 5.02 Å². The standard InChI is InChI=1S/C15H16ClN3O5/c16-9-1-3-10(4-2-9)24-15(23)18-5-6-19-12(7-18)13(21)17-11(8-20)14(19)22/h1-4,11-12,20H,5-8H2,(H,17,21)/t11-,12+/m0/s1. The first-order valence-electron chi connectivity index (χ1n) is 7.43. The summed E-state index contributed by atoms with van der Waals surface area (Å²) in [5, 5.41) is 12.1.